The monoisotopic (exact) mass is 481 g/mol. The van der Waals surface area contributed by atoms with E-state index in [9.17, 15) is 9.59 Å². The first-order valence-electron chi connectivity index (χ1n) is 11.7. The summed E-state index contributed by atoms with van der Waals surface area (Å²) in [5.41, 5.74) is 3.36. The lowest BCUT2D eigenvalue weighted by atomic mass is 10.1. The Labute approximate surface area is 210 Å². The minimum Gasteiger partial charge on any atom is -0.461 e. The predicted octanol–water partition coefficient (Wildman–Crippen LogP) is 6.08. The number of ether oxygens (including phenoxy) is 2. The van der Waals surface area contributed by atoms with Gasteiger partial charge < -0.3 is 14.8 Å². The molecule has 0 aliphatic carbocycles. The van der Waals surface area contributed by atoms with Crippen LogP contribution in [0.5, 0.6) is 11.5 Å². The Bertz CT molecular complexity index is 1360. The zero-order valence-corrected chi connectivity index (χ0v) is 20.2. The predicted molar refractivity (Wildman–Crippen MR) is 139 cm³/mol. The van der Waals surface area contributed by atoms with Crippen molar-refractivity contribution in [2.45, 2.75) is 20.4 Å². The van der Waals surface area contributed by atoms with Crippen LogP contribution in [0.15, 0.2) is 97.1 Å². The number of benzene rings is 3. The van der Waals surface area contributed by atoms with Crippen LogP contribution in [-0.4, -0.2) is 28.3 Å². The molecule has 0 aliphatic heterocycles. The number of anilines is 1. The molecule has 36 heavy (non-hydrogen) atoms. The average molecular weight is 482 g/mol. The molecular weight excluding hydrogens is 454 g/mol. The largest absolute Gasteiger partial charge is 0.461 e. The van der Waals surface area contributed by atoms with Crippen molar-refractivity contribution in [1.29, 1.82) is 0 Å². The third-order valence-electron chi connectivity index (χ3n) is 5.24. The number of amides is 1. The molecule has 0 bridgehead atoms. The number of carbonyl (C=O) groups excluding carboxylic acids is 2. The number of nitrogens with zero attached hydrogens (tertiary/aromatic N) is 2. The van der Waals surface area contributed by atoms with Crippen LogP contribution >= 0.6 is 0 Å². The lowest BCUT2D eigenvalue weighted by Gasteiger charge is -2.09. The molecule has 0 radical (unpaired) electrons. The first-order valence-corrected chi connectivity index (χ1v) is 11.7. The summed E-state index contributed by atoms with van der Waals surface area (Å²) in [5, 5.41) is 7.51. The van der Waals surface area contributed by atoms with E-state index in [1.807, 2.05) is 78.9 Å². The van der Waals surface area contributed by atoms with Gasteiger partial charge in [0.1, 0.15) is 17.2 Å². The fourth-order valence-electron chi connectivity index (χ4n) is 3.62. The molecule has 1 amide bonds. The summed E-state index contributed by atoms with van der Waals surface area (Å²) in [5.74, 6) is 0.802. The van der Waals surface area contributed by atoms with Gasteiger partial charge in [-0.3, -0.25) is 9.48 Å². The number of aromatic nitrogens is 2. The number of esters is 1. The smallest absolute Gasteiger partial charge is 0.356 e. The Kier molecular flexibility index (Phi) is 7.93. The molecule has 4 rings (SSSR count). The highest BCUT2D eigenvalue weighted by Crippen LogP contribution is 2.26. The second-order valence-electron chi connectivity index (χ2n) is 7.92. The number of allylic oxidation sites excluding steroid dienone is 1. The van der Waals surface area contributed by atoms with Gasteiger partial charge in [0.15, 0.2) is 0 Å². The second kappa shape index (κ2) is 11.7. The van der Waals surface area contributed by atoms with Crippen molar-refractivity contribution in [3.8, 4) is 22.8 Å². The number of para-hydroxylation sites is 1. The van der Waals surface area contributed by atoms with Crippen LogP contribution in [-0.2, 0) is 16.1 Å². The summed E-state index contributed by atoms with van der Waals surface area (Å²) < 4.78 is 12.7. The fourth-order valence-corrected chi connectivity index (χ4v) is 3.62. The second-order valence-corrected chi connectivity index (χ2v) is 7.92. The molecule has 1 heterocycles. The Morgan fingerprint density at radius 1 is 0.944 bits per heavy atom. The molecule has 182 valence electrons. The summed E-state index contributed by atoms with van der Waals surface area (Å²) in [6.45, 7) is 4.14. The van der Waals surface area contributed by atoms with Crippen molar-refractivity contribution in [1.82, 2.24) is 9.78 Å². The SMILES string of the molecule is C/C=C/C(=O)Nc1cccc(Cn2nc(-c3ccc(Oc4ccccc4)cc3)cc2C(=O)OCC)c1. The Morgan fingerprint density at radius 2 is 1.69 bits per heavy atom. The summed E-state index contributed by atoms with van der Waals surface area (Å²) in [4.78, 5) is 24.6. The molecule has 4 aromatic rings. The van der Waals surface area contributed by atoms with E-state index in [1.54, 1.807) is 30.7 Å². The first-order chi connectivity index (χ1) is 17.6. The highest BCUT2D eigenvalue weighted by molar-refractivity contribution is 5.99. The normalized spacial score (nSPS) is 10.8. The van der Waals surface area contributed by atoms with Gasteiger partial charge >= 0.3 is 5.97 Å². The summed E-state index contributed by atoms with van der Waals surface area (Å²) in [7, 11) is 0. The molecule has 0 aliphatic rings. The van der Waals surface area contributed by atoms with Gasteiger partial charge in [-0.2, -0.15) is 5.10 Å². The number of hydrogen-bond donors (Lipinski definition) is 1. The summed E-state index contributed by atoms with van der Waals surface area (Å²) in [6, 6.07) is 26.2. The van der Waals surface area contributed by atoms with Crippen molar-refractivity contribution in [2.75, 3.05) is 11.9 Å². The van der Waals surface area contributed by atoms with E-state index < -0.39 is 5.97 Å². The van der Waals surface area contributed by atoms with E-state index in [1.165, 1.54) is 6.08 Å². The molecule has 0 atom stereocenters. The standard InChI is InChI=1S/C29H27N3O4/c1-3-9-28(33)30-23-11-8-10-21(18-23)20-32-27(29(34)35-4-2)19-26(31-32)22-14-16-25(17-15-22)36-24-12-6-5-7-13-24/h3,5-19H,4,20H2,1-2H3,(H,30,33)/b9-3+. The number of carbonyl (C=O) groups is 2. The lowest BCUT2D eigenvalue weighted by molar-refractivity contribution is -0.111. The quantitative estimate of drug-likeness (QED) is 0.231. The molecule has 7 nitrogen and oxygen atoms in total. The summed E-state index contributed by atoms with van der Waals surface area (Å²) in [6.07, 6.45) is 3.14. The van der Waals surface area contributed by atoms with Gasteiger partial charge in [0.2, 0.25) is 5.91 Å². The zero-order valence-electron chi connectivity index (χ0n) is 20.2. The highest BCUT2D eigenvalue weighted by Gasteiger charge is 2.18. The van der Waals surface area contributed by atoms with Crippen LogP contribution in [0.25, 0.3) is 11.3 Å². The van der Waals surface area contributed by atoms with Gasteiger partial charge in [-0.15, -0.1) is 0 Å². The molecule has 0 spiro atoms. The summed E-state index contributed by atoms with van der Waals surface area (Å²) >= 11 is 0. The van der Waals surface area contributed by atoms with Crippen LogP contribution in [0.1, 0.15) is 29.9 Å². The molecule has 3 aromatic carbocycles. The molecule has 1 aromatic heterocycles. The molecule has 0 saturated heterocycles. The Hall–Kier alpha value is -4.65. The zero-order chi connectivity index (χ0) is 25.3. The molecular formula is C29H27N3O4. The van der Waals surface area contributed by atoms with Gasteiger partial charge in [0.25, 0.3) is 0 Å². The maximum atomic E-state index is 12.7. The number of hydrogen-bond acceptors (Lipinski definition) is 5. The highest BCUT2D eigenvalue weighted by atomic mass is 16.5. The van der Waals surface area contributed by atoms with Crippen LogP contribution < -0.4 is 10.1 Å². The topological polar surface area (TPSA) is 82.5 Å². The van der Waals surface area contributed by atoms with Crippen molar-refractivity contribution in [3.05, 3.63) is 108 Å². The van der Waals surface area contributed by atoms with Crippen molar-refractivity contribution in [3.63, 3.8) is 0 Å². The van der Waals surface area contributed by atoms with E-state index in [4.69, 9.17) is 9.47 Å². The minimum atomic E-state index is -0.446. The van der Waals surface area contributed by atoms with Crippen molar-refractivity contribution < 1.29 is 19.1 Å². The lowest BCUT2D eigenvalue weighted by Crippen LogP contribution is -2.14. The molecule has 7 heteroatoms. The van der Waals surface area contributed by atoms with Crippen LogP contribution in [0, 0.1) is 0 Å². The van der Waals surface area contributed by atoms with E-state index in [0.717, 1.165) is 16.9 Å². The minimum absolute atomic E-state index is 0.206. The average Bonchev–Trinajstić information content (AvgIpc) is 3.29. The molecule has 0 fully saturated rings. The maximum Gasteiger partial charge on any atom is 0.356 e. The van der Waals surface area contributed by atoms with Gasteiger partial charge in [-0.05, 0) is 80.1 Å². The Morgan fingerprint density at radius 3 is 2.42 bits per heavy atom. The Balaban J connectivity index is 1.58. The first kappa shape index (κ1) is 24.5. The van der Waals surface area contributed by atoms with Crippen molar-refractivity contribution in [2.24, 2.45) is 0 Å². The van der Waals surface area contributed by atoms with E-state index >= 15 is 0 Å². The number of nitrogens with one attached hydrogen (secondary N) is 1. The third kappa shape index (κ3) is 6.27. The van der Waals surface area contributed by atoms with Gasteiger partial charge in [-0.25, -0.2) is 4.79 Å². The molecule has 1 N–H and O–H groups in total. The van der Waals surface area contributed by atoms with Gasteiger partial charge in [0, 0.05) is 11.3 Å². The van der Waals surface area contributed by atoms with Crippen LogP contribution in [0.4, 0.5) is 5.69 Å². The molecule has 0 unspecified atom stereocenters. The van der Waals surface area contributed by atoms with Crippen LogP contribution in [0.2, 0.25) is 0 Å². The van der Waals surface area contributed by atoms with Crippen molar-refractivity contribution >= 4 is 17.6 Å². The third-order valence-corrected chi connectivity index (χ3v) is 5.24. The fraction of sp³-hybridized carbons (Fsp3) is 0.138. The molecule has 0 saturated carbocycles. The van der Waals surface area contributed by atoms with E-state index in [2.05, 4.69) is 10.4 Å². The van der Waals surface area contributed by atoms with Gasteiger partial charge in [-0.1, -0.05) is 36.4 Å². The van der Waals surface area contributed by atoms with E-state index in [-0.39, 0.29) is 12.5 Å². The number of rotatable bonds is 9. The van der Waals surface area contributed by atoms with Gasteiger partial charge in [0.05, 0.1) is 18.8 Å². The van der Waals surface area contributed by atoms with Crippen LogP contribution in [0.3, 0.4) is 0 Å². The van der Waals surface area contributed by atoms with E-state index in [0.29, 0.717) is 29.4 Å². The maximum absolute atomic E-state index is 12.7.